The van der Waals surface area contributed by atoms with Crippen molar-refractivity contribution in [2.24, 2.45) is 0 Å². The van der Waals surface area contributed by atoms with Crippen LogP contribution in [-0.2, 0) is 10.1 Å². The Morgan fingerprint density at radius 2 is 2.46 bits per heavy atom. The van der Waals surface area contributed by atoms with E-state index in [1.807, 2.05) is 0 Å². The Labute approximate surface area is 84.4 Å². The number of hydrogen-bond acceptors (Lipinski definition) is 4. The van der Waals surface area contributed by atoms with Crippen molar-refractivity contribution in [1.29, 1.82) is 0 Å². The van der Waals surface area contributed by atoms with Crippen LogP contribution in [0.4, 0.5) is 0 Å². The maximum absolute atomic E-state index is 11.3. The lowest BCUT2D eigenvalue weighted by molar-refractivity contribution is 0.0524. The largest absolute Gasteiger partial charge is 0.462 e. The zero-order valence-corrected chi connectivity index (χ0v) is 8.74. The minimum Gasteiger partial charge on any atom is -0.462 e. The normalized spacial score (nSPS) is 9.69. The molecule has 0 aromatic carbocycles. The second-order valence-electron chi connectivity index (χ2n) is 2.25. The van der Waals surface area contributed by atoms with E-state index in [4.69, 9.17) is 4.74 Å². The molecule has 1 aromatic rings. The summed E-state index contributed by atoms with van der Waals surface area (Å²) < 4.78 is 4.84. The number of rotatable bonds is 3. The molecule has 1 rings (SSSR count). The number of carbonyl (C=O) groups excluding carboxylic acids is 1. The van der Waals surface area contributed by atoms with Crippen molar-refractivity contribution < 1.29 is 9.53 Å². The zero-order chi connectivity index (χ0) is 9.68. The van der Waals surface area contributed by atoms with Gasteiger partial charge in [0.25, 0.3) is 0 Å². The first-order chi connectivity index (χ1) is 6.29. The second-order valence-corrected chi connectivity index (χ2v) is 2.81. The molecule has 5 heteroatoms. The van der Waals surface area contributed by atoms with E-state index in [-0.39, 0.29) is 5.97 Å². The first kappa shape index (κ1) is 10.1. The number of hydrogen-bond donors (Lipinski definition) is 0. The van der Waals surface area contributed by atoms with Gasteiger partial charge in [-0.15, -0.1) is 0 Å². The smallest absolute Gasteiger partial charge is 0.340 e. The molecule has 0 N–H and O–H groups in total. The zero-order valence-electron chi connectivity index (χ0n) is 7.16. The molecule has 13 heavy (non-hydrogen) atoms. The van der Waals surface area contributed by atoms with Crippen molar-refractivity contribution >= 4 is 21.9 Å². The molecule has 0 atom stereocenters. The minimum absolute atomic E-state index is 0.355. The highest BCUT2D eigenvalue weighted by Crippen LogP contribution is 2.09. The van der Waals surface area contributed by atoms with Crippen molar-refractivity contribution in [2.75, 3.05) is 6.61 Å². The lowest BCUT2D eigenvalue weighted by Gasteiger charge is -2.03. The van der Waals surface area contributed by atoms with Crippen molar-refractivity contribution in [3.63, 3.8) is 0 Å². The van der Waals surface area contributed by atoms with E-state index < -0.39 is 0 Å². The molecule has 0 bridgehead atoms. The Morgan fingerprint density at radius 3 is 3.08 bits per heavy atom. The molecular weight excluding hydrogens is 236 g/mol. The predicted molar refractivity (Wildman–Crippen MR) is 50.6 cm³/mol. The van der Waals surface area contributed by atoms with Crippen LogP contribution in [0.1, 0.15) is 23.0 Å². The van der Waals surface area contributed by atoms with Crippen LogP contribution >= 0.6 is 15.9 Å². The molecule has 0 saturated carbocycles. The highest BCUT2D eigenvalue weighted by Gasteiger charge is 2.12. The Bertz CT molecular complexity index is 304. The van der Waals surface area contributed by atoms with Crippen molar-refractivity contribution in [2.45, 2.75) is 12.3 Å². The van der Waals surface area contributed by atoms with Crippen LogP contribution in [0.2, 0.25) is 0 Å². The molecule has 0 spiro atoms. The Morgan fingerprint density at radius 1 is 1.69 bits per heavy atom. The van der Waals surface area contributed by atoms with E-state index in [0.717, 1.165) is 0 Å². The van der Waals surface area contributed by atoms with Crippen LogP contribution in [0.25, 0.3) is 0 Å². The Hall–Kier alpha value is -0.970. The summed E-state index contributed by atoms with van der Waals surface area (Å²) >= 11 is 3.22. The van der Waals surface area contributed by atoms with Gasteiger partial charge in [-0.3, -0.25) is 0 Å². The molecule has 1 aromatic heterocycles. The minimum atomic E-state index is -0.355. The quantitative estimate of drug-likeness (QED) is 0.598. The Balaban J connectivity index is 2.92. The van der Waals surface area contributed by atoms with Gasteiger partial charge in [-0.25, -0.2) is 4.79 Å². The van der Waals surface area contributed by atoms with Gasteiger partial charge in [-0.1, -0.05) is 15.9 Å². The van der Waals surface area contributed by atoms with Crippen LogP contribution in [0.3, 0.4) is 0 Å². The highest BCUT2D eigenvalue weighted by molar-refractivity contribution is 9.08. The topological polar surface area (TPSA) is 52.1 Å². The molecule has 0 amide bonds. The molecule has 0 aliphatic carbocycles. The molecule has 0 unspecified atom stereocenters. The van der Waals surface area contributed by atoms with Gasteiger partial charge in [-0.2, -0.15) is 10.2 Å². The lowest BCUT2D eigenvalue weighted by atomic mass is 10.2. The monoisotopic (exact) mass is 244 g/mol. The highest BCUT2D eigenvalue weighted by atomic mass is 79.9. The number of nitrogens with zero attached hydrogens (tertiary/aromatic N) is 2. The first-order valence-corrected chi connectivity index (χ1v) is 4.95. The molecule has 0 aliphatic heterocycles. The van der Waals surface area contributed by atoms with Crippen molar-refractivity contribution in [1.82, 2.24) is 10.2 Å². The lowest BCUT2D eigenvalue weighted by Crippen LogP contribution is -2.09. The predicted octanol–water partition coefficient (Wildman–Crippen LogP) is 1.55. The van der Waals surface area contributed by atoms with Gasteiger partial charge in [0.05, 0.1) is 24.1 Å². The third-order valence-corrected chi connectivity index (χ3v) is 1.95. The first-order valence-electron chi connectivity index (χ1n) is 3.83. The van der Waals surface area contributed by atoms with Gasteiger partial charge in [0.15, 0.2) is 0 Å². The fourth-order valence-corrected chi connectivity index (χ4v) is 1.27. The summed E-state index contributed by atoms with van der Waals surface area (Å²) in [6, 6.07) is 1.60. The maximum Gasteiger partial charge on any atom is 0.340 e. The van der Waals surface area contributed by atoms with Gasteiger partial charge in [0.2, 0.25) is 0 Å². The average molecular weight is 245 g/mol. The van der Waals surface area contributed by atoms with Crippen LogP contribution in [-0.4, -0.2) is 22.8 Å². The summed E-state index contributed by atoms with van der Waals surface area (Å²) in [5.41, 5.74) is 1.06. The maximum atomic E-state index is 11.3. The van der Waals surface area contributed by atoms with E-state index in [1.165, 1.54) is 6.20 Å². The summed E-state index contributed by atoms with van der Waals surface area (Å²) in [6.07, 6.45) is 1.47. The molecule has 70 valence electrons. The van der Waals surface area contributed by atoms with Crippen LogP contribution < -0.4 is 0 Å². The van der Waals surface area contributed by atoms with Gasteiger partial charge < -0.3 is 4.74 Å². The molecule has 0 radical (unpaired) electrons. The molecule has 4 nitrogen and oxygen atoms in total. The van der Waals surface area contributed by atoms with Gasteiger partial charge in [0, 0.05) is 5.33 Å². The number of halogens is 1. The van der Waals surface area contributed by atoms with Crippen LogP contribution in [0.5, 0.6) is 0 Å². The van der Waals surface area contributed by atoms with E-state index in [2.05, 4.69) is 26.1 Å². The summed E-state index contributed by atoms with van der Waals surface area (Å²) in [5, 5.41) is 7.97. The van der Waals surface area contributed by atoms with Crippen LogP contribution in [0.15, 0.2) is 12.3 Å². The average Bonchev–Trinajstić information content (AvgIpc) is 2.18. The van der Waals surface area contributed by atoms with Crippen molar-refractivity contribution in [3.05, 3.63) is 23.5 Å². The number of esters is 1. The summed E-state index contributed by atoms with van der Waals surface area (Å²) in [6.45, 7) is 2.13. The van der Waals surface area contributed by atoms with Crippen LogP contribution in [0, 0.1) is 0 Å². The molecule has 1 heterocycles. The molecular formula is C8H9BrN2O2. The van der Waals surface area contributed by atoms with Crippen molar-refractivity contribution in [3.8, 4) is 0 Å². The molecule has 0 saturated heterocycles. The number of ether oxygens (including phenoxy) is 1. The van der Waals surface area contributed by atoms with Gasteiger partial charge >= 0.3 is 5.97 Å². The summed E-state index contributed by atoms with van der Waals surface area (Å²) in [5.74, 6) is -0.355. The molecule has 0 aliphatic rings. The molecule has 0 fully saturated rings. The SMILES string of the molecule is CCOC(=O)c1ccnnc1CBr. The van der Waals surface area contributed by atoms with E-state index in [0.29, 0.717) is 23.2 Å². The third-order valence-electron chi connectivity index (χ3n) is 1.42. The number of carbonyl (C=O) groups is 1. The van der Waals surface area contributed by atoms with E-state index in [9.17, 15) is 4.79 Å². The Kier molecular flexibility index (Phi) is 3.82. The standard InChI is InChI=1S/C8H9BrN2O2/c1-2-13-8(12)6-3-4-10-11-7(6)5-9/h3-4H,2,5H2,1H3. The summed E-state index contributed by atoms with van der Waals surface area (Å²) in [4.78, 5) is 11.3. The van der Waals surface area contributed by atoms with E-state index in [1.54, 1.807) is 13.0 Å². The summed E-state index contributed by atoms with van der Waals surface area (Å²) in [7, 11) is 0. The number of alkyl halides is 1. The third kappa shape index (κ3) is 2.48. The number of aromatic nitrogens is 2. The van der Waals surface area contributed by atoms with Gasteiger partial charge in [-0.05, 0) is 13.0 Å². The van der Waals surface area contributed by atoms with E-state index >= 15 is 0 Å². The second kappa shape index (κ2) is 4.91. The fraction of sp³-hybridized carbons (Fsp3) is 0.375. The van der Waals surface area contributed by atoms with Gasteiger partial charge in [0.1, 0.15) is 0 Å². The fourth-order valence-electron chi connectivity index (χ4n) is 0.854.